The lowest BCUT2D eigenvalue weighted by atomic mass is 9.88. The van der Waals surface area contributed by atoms with Crippen molar-refractivity contribution in [2.75, 3.05) is 13.1 Å². The van der Waals surface area contributed by atoms with Gasteiger partial charge in [0.1, 0.15) is 18.1 Å². The van der Waals surface area contributed by atoms with Crippen LogP contribution in [-0.2, 0) is 4.79 Å². The molecule has 8 heteroatoms. The third-order valence-electron chi connectivity index (χ3n) is 5.94. The van der Waals surface area contributed by atoms with Crippen LogP contribution in [0.25, 0.3) is 22.5 Å². The first-order chi connectivity index (χ1) is 15.4. The van der Waals surface area contributed by atoms with Crippen LogP contribution in [0.1, 0.15) is 44.7 Å². The van der Waals surface area contributed by atoms with E-state index in [2.05, 4.69) is 20.2 Å². The van der Waals surface area contributed by atoms with Gasteiger partial charge in [-0.15, -0.1) is 0 Å². The van der Waals surface area contributed by atoms with Crippen LogP contribution in [0, 0.1) is 5.92 Å². The Morgan fingerprint density at radius 1 is 1.22 bits per heavy atom. The van der Waals surface area contributed by atoms with Crippen molar-refractivity contribution in [1.29, 1.82) is 0 Å². The fourth-order valence-corrected chi connectivity index (χ4v) is 4.44. The molecule has 4 rings (SSSR count). The maximum absolute atomic E-state index is 12.6. The Morgan fingerprint density at radius 2 is 1.94 bits per heavy atom. The Kier molecular flexibility index (Phi) is 6.86. The number of nitrogens with one attached hydrogen (secondary N) is 1. The van der Waals surface area contributed by atoms with Gasteiger partial charge in [-0.05, 0) is 43.4 Å². The second kappa shape index (κ2) is 9.79. The van der Waals surface area contributed by atoms with E-state index in [1.807, 2.05) is 44.2 Å². The van der Waals surface area contributed by atoms with Crippen molar-refractivity contribution in [2.45, 2.75) is 45.1 Å². The molecule has 1 aliphatic heterocycles. The summed E-state index contributed by atoms with van der Waals surface area (Å²) >= 11 is 6.07. The molecule has 32 heavy (non-hydrogen) atoms. The van der Waals surface area contributed by atoms with Crippen molar-refractivity contribution in [3.05, 3.63) is 53.6 Å². The summed E-state index contributed by atoms with van der Waals surface area (Å²) in [6, 6.07) is 9.48. The second-order valence-electron chi connectivity index (χ2n) is 8.71. The lowest BCUT2D eigenvalue weighted by Crippen LogP contribution is -2.44. The molecule has 0 bridgehead atoms. The Morgan fingerprint density at radius 3 is 2.56 bits per heavy atom. The number of aromatic nitrogens is 4. The van der Waals surface area contributed by atoms with Gasteiger partial charge in [0.25, 0.3) is 5.91 Å². The van der Waals surface area contributed by atoms with Gasteiger partial charge >= 0.3 is 0 Å². The maximum atomic E-state index is 12.6. The summed E-state index contributed by atoms with van der Waals surface area (Å²) in [4.78, 5) is 22.9. The van der Waals surface area contributed by atoms with Crippen LogP contribution in [0.2, 0.25) is 5.02 Å². The molecule has 2 aromatic heterocycles. The van der Waals surface area contributed by atoms with Crippen molar-refractivity contribution in [2.24, 2.45) is 5.92 Å². The van der Waals surface area contributed by atoms with Crippen molar-refractivity contribution < 1.29 is 9.90 Å². The zero-order valence-corrected chi connectivity index (χ0v) is 19.1. The first-order valence-electron chi connectivity index (χ1n) is 11.0. The molecule has 1 fully saturated rings. The number of likely N-dealkylation sites (tertiary alicyclic amines) is 1. The Hall–Kier alpha value is -2.77. The number of piperidine rings is 1. The molecule has 1 aromatic carbocycles. The smallest absolute Gasteiger partial charge is 0.251 e. The number of hydrogen-bond acceptors (Lipinski definition) is 5. The van der Waals surface area contributed by atoms with Gasteiger partial charge in [-0.1, -0.05) is 37.6 Å². The molecule has 1 aliphatic rings. The van der Waals surface area contributed by atoms with Crippen molar-refractivity contribution in [3.8, 4) is 22.5 Å². The van der Waals surface area contributed by atoms with E-state index in [0.29, 0.717) is 24.5 Å². The monoisotopic (exact) mass is 453 g/mol. The van der Waals surface area contributed by atoms with E-state index in [4.69, 9.17) is 11.6 Å². The number of halogens is 1. The molecule has 3 heterocycles. The number of carbonyl (C=O) groups excluding carboxylic acids is 1. The highest BCUT2D eigenvalue weighted by Crippen LogP contribution is 2.39. The Balaban J connectivity index is 1.58. The largest absolute Gasteiger partial charge is 0.383 e. The molecule has 0 spiro atoms. The van der Waals surface area contributed by atoms with Gasteiger partial charge in [-0.3, -0.25) is 9.89 Å². The van der Waals surface area contributed by atoms with Gasteiger partial charge in [0.2, 0.25) is 0 Å². The summed E-state index contributed by atoms with van der Waals surface area (Å²) in [7, 11) is 0. The fraction of sp³-hybridized carbons (Fsp3) is 0.417. The number of H-pyrrole nitrogens is 1. The summed E-state index contributed by atoms with van der Waals surface area (Å²) < 4.78 is 0. The van der Waals surface area contributed by atoms with Crippen molar-refractivity contribution in [1.82, 2.24) is 25.1 Å². The van der Waals surface area contributed by atoms with Gasteiger partial charge in [0.15, 0.2) is 0 Å². The van der Waals surface area contributed by atoms with E-state index in [0.717, 1.165) is 41.1 Å². The molecule has 1 saturated heterocycles. The van der Waals surface area contributed by atoms with Crippen LogP contribution < -0.4 is 0 Å². The second-order valence-corrected chi connectivity index (χ2v) is 9.14. The van der Waals surface area contributed by atoms with E-state index in [-0.39, 0.29) is 17.7 Å². The maximum Gasteiger partial charge on any atom is 0.251 e. The summed E-state index contributed by atoms with van der Waals surface area (Å²) in [5, 5.41) is 18.8. The Bertz CT molecular complexity index is 1040. The summed E-state index contributed by atoms with van der Waals surface area (Å²) in [5.74, 6) is 0.317. The zero-order valence-electron chi connectivity index (χ0n) is 18.3. The van der Waals surface area contributed by atoms with Crippen LogP contribution in [0.3, 0.4) is 0 Å². The molecule has 1 atom stereocenters. The average molecular weight is 454 g/mol. The predicted molar refractivity (Wildman–Crippen MR) is 124 cm³/mol. The SMILES string of the molecule is CC(C)CC(O)C(=O)N1CCC(c2[nH]nc(-c3ccc(Cl)cc3)c2-c2ccncn2)CC1. The molecule has 3 aromatic rings. The van der Waals surface area contributed by atoms with Gasteiger partial charge in [-0.2, -0.15) is 5.10 Å². The number of aliphatic hydroxyl groups excluding tert-OH is 1. The molecule has 0 saturated carbocycles. The number of benzene rings is 1. The standard InChI is InChI=1S/C24H28ClN5O2/c1-15(2)13-20(31)24(32)30-11-8-17(9-12-30)23-21(19-7-10-26-14-27-19)22(28-29-23)16-3-5-18(25)6-4-16/h3-7,10,14-15,17,20,31H,8-9,11-13H2,1-2H3,(H,28,29). The van der Waals surface area contributed by atoms with E-state index in [1.165, 1.54) is 6.33 Å². The quantitative estimate of drug-likeness (QED) is 0.580. The molecule has 7 nitrogen and oxygen atoms in total. The highest BCUT2D eigenvalue weighted by molar-refractivity contribution is 6.30. The molecule has 0 radical (unpaired) electrons. The van der Waals surface area contributed by atoms with E-state index in [1.54, 1.807) is 11.1 Å². The highest BCUT2D eigenvalue weighted by Gasteiger charge is 2.31. The summed E-state index contributed by atoms with van der Waals surface area (Å²) in [5.41, 5.74) is 4.55. The normalized spacial score (nSPS) is 15.8. The lowest BCUT2D eigenvalue weighted by molar-refractivity contribution is -0.142. The number of nitrogens with zero attached hydrogens (tertiary/aromatic N) is 4. The van der Waals surface area contributed by atoms with E-state index >= 15 is 0 Å². The van der Waals surface area contributed by atoms with Crippen LogP contribution in [0.4, 0.5) is 0 Å². The van der Waals surface area contributed by atoms with Gasteiger partial charge in [-0.25, -0.2) is 9.97 Å². The van der Waals surface area contributed by atoms with Crippen LogP contribution >= 0.6 is 11.6 Å². The minimum atomic E-state index is -0.924. The summed E-state index contributed by atoms with van der Waals surface area (Å²) in [6.07, 6.45) is 4.41. The molecule has 0 aliphatic carbocycles. The molecular weight excluding hydrogens is 426 g/mol. The van der Waals surface area contributed by atoms with E-state index in [9.17, 15) is 9.90 Å². The minimum Gasteiger partial charge on any atom is -0.383 e. The molecule has 2 N–H and O–H groups in total. The molecule has 168 valence electrons. The van der Waals surface area contributed by atoms with Gasteiger partial charge < -0.3 is 10.0 Å². The average Bonchev–Trinajstić information content (AvgIpc) is 3.24. The number of rotatable bonds is 6. The number of aliphatic hydroxyl groups is 1. The number of carbonyl (C=O) groups is 1. The predicted octanol–water partition coefficient (Wildman–Crippen LogP) is 4.30. The topological polar surface area (TPSA) is 95.0 Å². The molecule has 1 unspecified atom stereocenters. The van der Waals surface area contributed by atoms with Crippen LogP contribution in [-0.4, -0.2) is 55.3 Å². The van der Waals surface area contributed by atoms with Crippen molar-refractivity contribution >= 4 is 17.5 Å². The number of hydrogen-bond donors (Lipinski definition) is 2. The van der Waals surface area contributed by atoms with E-state index < -0.39 is 6.10 Å². The third kappa shape index (κ3) is 4.84. The van der Waals surface area contributed by atoms with Gasteiger partial charge in [0, 0.05) is 47.0 Å². The molecular formula is C24H28ClN5O2. The lowest BCUT2D eigenvalue weighted by Gasteiger charge is -2.33. The third-order valence-corrected chi connectivity index (χ3v) is 6.20. The van der Waals surface area contributed by atoms with Gasteiger partial charge in [0.05, 0.1) is 5.69 Å². The number of aromatic amines is 1. The highest BCUT2D eigenvalue weighted by atomic mass is 35.5. The fourth-order valence-electron chi connectivity index (χ4n) is 4.31. The number of amides is 1. The first-order valence-corrected chi connectivity index (χ1v) is 11.4. The van der Waals surface area contributed by atoms with Crippen LogP contribution in [0.15, 0.2) is 42.9 Å². The Labute approximate surface area is 192 Å². The molecule has 1 amide bonds. The first kappa shape index (κ1) is 22.4. The minimum absolute atomic E-state index is 0.167. The van der Waals surface area contributed by atoms with Crippen LogP contribution in [0.5, 0.6) is 0 Å². The summed E-state index contributed by atoms with van der Waals surface area (Å²) in [6.45, 7) is 5.23. The zero-order chi connectivity index (χ0) is 22.7. The van der Waals surface area contributed by atoms with Crippen molar-refractivity contribution in [3.63, 3.8) is 0 Å².